The highest BCUT2D eigenvalue weighted by molar-refractivity contribution is 6.08. The maximum atomic E-state index is 13.1. The van der Waals surface area contributed by atoms with Crippen molar-refractivity contribution in [3.05, 3.63) is 54.1 Å². The van der Waals surface area contributed by atoms with E-state index in [0.29, 0.717) is 24.2 Å². The molecule has 29 heavy (non-hydrogen) atoms. The molecule has 1 heterocycles. The van der Waals surface area contributed by atoms with Gasteiger partial charge in [0.15, 0.2) is 0 Å². The molecule has 0 spiro atoms. The molecule has 5 aliphatic rings. The molecule has 7 rings (SSSR count). The summed E-state index contributed by atoms with van der Waals surface area (Å²) in [5, 5.41) is 7.59. The number of carbonyl (C=O) groups is 2. The van der Waals surface area contributed by atoms with Crippen LogP contribution in [-0.4, -0.2) is 29.6 Å². The molecule has 3 fully saturated rings. The van der Waals surface area contributed by atoms with Gasteiger partial charge < -0.3 is 4.74 Å². The van der Waals surface area contributed by atoms with E-state index in [1.807, 2.05) is 43.3 Å². The summed E-state index contributed by atoms with van der Waals surface area (Å²) in [6.45, 7) is 2.46. The van der Waals surface area contributed by atoms with Crippen molar-refractivity contribution in [2.45, 2.75) is 13.3 Å². The maximum absolute atomic E-state index is 13.1. The Morgan fingerprint density at radius 2 is 1.72 bits per heavy atom. The summed E-state index contributed by atoms with van der Waals surface area (Å²) in [5.74, 6) is 1.58. The lowest BCUT2D eigenvalue weighted by atomic mass is 9.63. The number of rotatable bonds is 4. The average Bonchev–Trinajstić information content (AvgIpc) is 3.53. The lowest BCUT2D eigenvalue weighted by Crippen LogP contribution is -2.40. The summed E-state index contributed by atoms with van der Waals surface area (Å²) in [5.41, 5.74) is 0.796. The van der Waals surface area contributed by atoms with Crippen LogP contribution in [0.3, 0.4) is 0 Å². The van der Waals surface area contributed by atoms with Crippen LogP contribution >= 0.6 is 0 Å². The Bertz CT molecular complexity index is 1070. The third-order valence-electron chi connectivity index (χ3n) is 7.17. The number of imide groups is 1. The average molecular weight is 386 g/mol. The van der Waals surface area contributed by atoms with Gasteiger partial charge in [0.2, 0.25) is 0 Å². The first kappa shape index (κ1) is 17.0. The van der Waals surface area contributed by atoms with E-state index in [4.69, 9.17) is 4.74 Å². The van der Waals surface area contributed by atoms with E-state index in [1.165, 1.54) is 0 Å². The minimum absolute atomic E-state index is 0.140. The van der Waals surface area contributed by atoms with Gasteiger partial charge in [-0.3, -0.25) is 9.59 Å². The first-order valence-corrected chi connectivity index (χ1v) is 10.4. The molecular formula is C24H22N2O3. The number of carbonyl (C=O) groups excluding carboxylic acids is 2. The summed E-state index contributed by atoms with van der Waals surface area (Å²) in [6, 6.07) is 11.9. The fourth-order valence-corrected chi connectivity index (χ4v) is 5.86. The summed E-state index contributed by atoms with van der Waals surface area (Å²) in [4.78, 5) is 26.3. The van der Waals surface area contributed by atoms with Gasteiger partial charge in [-0.25, -0.2) is 0 Å². The Kier molecular flexibility index (Phi) is 3.52. The lowest BCUT2D eigenvalue weighted by Gasteiger charge is -2.37. The van der Waals surface area contributed by atoms with Crippen molar-refractivity contribution < 1.29 is 14.3 Å². The van der Waals surface area contributed by atoms with Gasteiger partial charge in [0.05, 0.1) is 24.7 Å². The Morgan fingerprint density at radius 1 is 1.03 bits per heavy atom. The summed E-state index contributed by atoms with van der Waals surface area (Å²) < 4.78 is 5.78. The van der Waals surface area contributed by atoms with Crippen molar-refractivity contribution in [1.29, 1.82) is 0 Å². The molecule has 1 saturated heterocycles. The molecule has 0 N–H and O–H groups in total. The molecule has 1 aliphatic heterocycles. The Balaban J connectivity index is 1.38. The van der Waals surface area contributed by atoms with Crippen molar-refractivity contribution in [2.24, 2.45) is 40.6 Å². The Hall–Kier alpha value is -2.95. The number of amides is 2. The van der Waals surface area contributed by atoms with Crippen LogP contribution in [-0.2, 0) is 9.59 Å². The number of hydrazone groups is 1. The van der Waals surface area contributed by atoms with E-state index in [9.17, 15) is 9.59 Å². The molecule has 2 aromatic carbocycles. The van der Waals surface area contributed by atoms with Gasteiger partial charge in [-0.15, -0.1) is 0 Å². The number of fused-ring (bicyclic) bond motifs is 1. The fraction of sp³-hybridized carbons (Fsp3) is 0.375. The summed E-state index contributed by atoms with van der Waals surface area (Å²) in [6.07, 6.45) is 7.13. The zero-order valence-corrected chi connectivity index (χ0v) is 16.2. The number of hydrogen-bond donors (Lipinski definition) is 0. The van der Waals surface area contributed by atoms with Crippen molar-refractivity contribution in [2.75, 3.05) is 6.61 Å². The monoisotopic (exact) mass is 386 g/mol. The van der Waals surface area contributed by atoms with Crippen molar-refractivity contribution >= 4 is 28.8 Å². The van der Waals surface area contributed by atoms with E-state index in [-0.39, 0.29) is 35.5 Å². The molecule has 0 radical (unpaired) electrons. The lowest BCUT2D eigenvalue weighted by molar-refractivity contribution is -0.140. The van der Waals surface area contributed by atoms with Gasteiger partial charge in [0, 0.05) is 5.56 Å². The zero-order chi connectivity index (χ0) is 19.7. The van der Waals surface area contributed by atoms with Crippen LogP contribution in [0.5, 0.6) is 5.75 Å². The van der Waals surface area contributed by atoms with Crippen LogP contribution in [0.1, 0.15) is 18.9 Å². The highest BCUT2D eigenvalue weighted by Gasteiger charge is 2.67. The van der Waals surface area contributed by atoms with Gasteiger partial charge in [-0.1, -0.05) is 42.5 Å². The van der Waals surface area contributed by atoms with Crippen molar-refractivity contribution in [1.82, 2.24) is 5.01 Å². The molecule has 5 heteroatoms. The summed E-state index contributed by atoms with van der Waals surface area (Å²) >= 11 is 0. The topological polar surface area (TPSA) is 59.0 Å². The number of ether oxygens (including phenoxy) is 1. The van der Waals surface area contributed by atoms with Crippen LogP contribution in [0.2, 0.25) is 0 Å². The zero-order valence-electron chi connectivity index (χ0n) is 16.2. The number of nitrogens with zero attached hydrogens (tertiary/aromatic N) is 2. The number of benzene rings is 2. The SMILES string of the molecule is CCOc1ccc2ccccc2c1/C=N\N1C(=O)[C@@H]2[C@@H]3C=C[C@H]([C@@H]4C[C@H]34)[C@@H]2C1=O. The van der Waals surface area contributed by atoms with Gasteiger partial charge in [-0.05, 0) is 53.9 Å². The molecule has 0 aromatic heterocycles. The van der Waals surface area contributed by atoms with Crippen LogP contribution in [0.15, 0.2) is 53.7 Å². The Labute approximate surface area is 169 Å². The molecule has 4 aliphatic carbocycles. The highest BCUT2D eigenvalue weighted by Crippen LogP contribution is 2.65. The van der Waals surface area contributed by atoms with Crippen LogP contribution in [0, 0.1) is 35.5 Å². The second kappa shape index (κ2) is 6.02. The molecule has 0 unspecified atom stereocenters. The molecule has 2 saturated carbocycles. The largest absolute Gasteiger partial charge is 0.493 e. The molecule has 2 bridgehead atoms. The molecule has 2 aromatic rings. The van der Waals surface area contributed by atoms with E-state index in [1.54, 1.807) is 6.21 Å². The smallest absolute Gasteiger partial charge is 0.254 e. The highest BCUT2D eigenvalue weighted by atomic mass is 16.5. The van der Waals surface area contributed by atoms with Crippen molar-refractivity contribution in [3.8, 4) is 5.75 Å². The van der Waals surface area contributed by atoms with E-state index < -0.39 is 0 Å². The van der Waals surface area contributed by atoms with Gasteiger partial charge >= 0.3 is 0 Å². The second-order valence-corrected chi connectivity index (χ2v) is 8.52. The van der Waals surface area contributed by atoms with Gasteiger partial charge in [0.25, 0.3) is 11.8 Å². The van der Waals surface area contributed by atoms with E-state index in [0.717, 1.165) is 27.8 Å². The summed E-state index contributed by atoms with van der Waals surface area (Å²) in [7, 11) is 0. The molecular weight excluding hydrogens is 364 g/mol. The predicted molar refractivity (Wildman–Crippen MR) is 109 cm³/mol. The first-order chi connectivity index (χ1) is 14.2. The normalized spacial score (nSPS) is 34.2. The number of allylic oxidation sites excluding steroid dienone is 2. The van der Waals surface area contributed by atoms with Crippen LogP contribution in [0.25, 0.3) is 10.8 Å². The van der Waals surface area contributed by atoms with E-state index in [2.05, 4.69) is 17.3 Å². The van der Waals surface area contributed by atoms with Crippen LogP contribution in [0.4, 0.5) is 0 Å². The van der Waals surface area contributed by atoms with Gasteiger partial charge in [0.1, 0.15) is 5.75 Å². The molecule has 6 atom stereocenters. The van der Waals surface area contributed by atoms with Gasteiger partial charge in [-0.2, -0.15) is 10.1 Å². The third kappa shape index (κ3) is 2.30. The van der Waals surface area contributed by atoms with Crippen LogP contribution < -0.4 is 4.74 Å². The van der Waals surface area contributed by atoms with Crippen molar-refractivity contribution in [3.63, 3.8) is 0 Å². The second-order valence-electron chi connectivity index (χ2n) is 8.52. The minimum Gasteiger partial charge on any atom is -0.493 e. The third-order valence-corrected chi connectivity index (χ3v) is 7.17. The molecule has 5 nitrogen and oxygen atoms in total. The first-order valence-electron chi connectivity index (χ1n) is 10.4. The fourth-order valence-electron chi connectivity index (χ4n) is 5.86. The quantitative estimate of drug-likeness (QED) is 0.458. The Morgan fingerprint density at radius 3 is 2.41 bits per heavy atom. The number of hydrogen-bond acceptors (Lipinski definition) is 4. The maximum Gasteiger partial charge on any atom is 0.254 e. The predicted octanol–water partition coefficient (Wildman–Crippen LogP) is 3.63. The minimum atomic E-state index is -0.225. The molecule has 146 valence electrons. The van der Waals surface area contributed by atoms with E-state index >= 15 is 0 Å². The standard InChI is InChI=1S/C24H22N2O3/c1-2-29-20-10-7-13-5-3-4-6-14(13)19(20)12-25-26-23(27)21-15-8-9-16(18-11-17(15)18)22(21)24(26)28/h3-10,12,15-18,21-22H,2,11H2,1H3/b25-12-/t15-,16-,17-,18+,21-,22+/m1/s1. The molecule has 2 amide bonds.